The van der Waals surface area contributed by atoms with Crippen LogP contribution in [0.25, 0.3) is 0 Å². The number of benzene rings is 1. The van der Waals surface area contributed by atoms with Crippen LogP contribution in [-0.2, 0) is 4.79 Å². The van der Waals surface area contributed by atoms with Gasteiger partial charge in [0.1, 0.15) is 17.5 Å². The normalized spacial score (nSPS) is 30.1. The SMILES string of the molecule is CC1(C)Oc2ccccc2[C@H](C2(C(N)=O)CC2)[C@@H]1O. The van der Waals surface area contributed by atoms with Crippen LogP contribution in [0.4, 0.5) is 0 Å². The molecule has 1 aliphatic carbocycles. The van der Waals surface area contributed by atoms with Crippen LogP contribution in [0.1, 0.15) is 38.2 Å². The summed E-state index contributed by atoms with van der Waals surface area (Å²) in [5.74, 6) is 0.157. The van der Waals surface area contributed by atoms with Crippen LogP contribution in [-0.4, -0.2) is 22.7 Å². The molecule has 2 atom stereocenters. The lowest BCUT2D eigenvalue weighted by molar-refractivity contribution is -0.129. The Balaban J connectivity index is 2.14. The van der Waals surface area contributed by atoms with Gasteiger partial charge in [0.05, 0.1) is 5.41 Å². The minimum absolute atomic E-state index is 0.273. The van der Waals surface area contributed by atoms with Gasteiger partial charge in [0, 0.05) is 11.5 Å². The van der Waals surface area contributed by atoms with Gasteiger partial charge < -0.3 is 15.6 Å². The molecule has 1 aromatic rings. The number of hydrogen-bond acceptors (Lipinski definition) is 3. The fourth-order valence-electron chi connectivity index (χ4n) is 3.19. The average Bonchev–Trinajstić information content (AvgIpc) is 3.11. The minimum Gasteiger partial charge on any atom is -0.485 e. The summed E-state index contributed by atoms with van der Waals surface area (Å²) in [6.07, 6.45) is 0.751. The maximum absolute atomic E-state index is 11.8. The Morgan fingerprint density at radius 3 is 2.58 bits per heavy atom. The molecule has 4 nitrogen and oxygen atoms in total. The first-order valence-corrected chi connectivity index (χ1v) is 6.64. The minimum atomic E-state index is -0.739. The number of carbonyl (C=O) groups excluding carboxylic acids is 1. The summed E-state index contributed by atoms with van der Waals surface area (Å²) in [5, 5.41) is 10.6. The molecule has 3 N–H and O–H groups in total. The van der Waals surface area contributed by atoms with E-state index in [2.05, 4.69) is 0 Å². The molecule has 19 heavy (non-hydrogen) atoms. The number of ether oxygens (including phenoxy) is 1. The fourth-order valence-corrected chi connectivity index (χ4v) is 3.19. The summed E-state index contributed by atoms with van der Waals surface area (Å²) in [6.45, 7) is 3.69. The first-order chi connectivity index (χ1) is 8.88. The molecule has 4 heteroatoms. The molecule has 1 amide bonds. The van der Waals surface area contributed by atoms with Crippen molar-refractivity contribution in [3.05, 3.63) is 29.8 Å². The quantitative estimate of drug-likeness (QED) is 0.848. The number of amides is 1. The maximum atomic E-state index is 11.8. The first kappa shape index (κ1) is 12.5. The van der Waals surface area contributed by atoms with E-state index < -0.39 is 17.1 Å². The smallest absolute Gasteiger partial charge is 0.224 e. The van der Waals surface area contributed by atoms with Crippen molar-refractivity contribution >= 4 is 5.91 Å². The standard InChI is InChI=1S/C15H19NO3/c1-14(2)12(17)11(15(7-8-15)13(16)18)9-5-3-4-6-10(9)19-14/h3-6,11-12,17H,7-8H2,1-2H3,(H2,16,18)/t11-,12-/m0/s1. The number of rotatable bonds is 2. The molecule has 1 heterocycles. The van der Waals surface area contributed by atoms with Gasteiger partial charge in [-0.15, -0.1) is 0 Å². The Bertz CT molecular complexity index is 534. The van der Waals surface area contributed by atoms with Gasteiger partial charge in [-0.2, -0.15) is 0 Å². The number of aliphatic hydroxyl groups excluding tert-OH is 1. The van der Waals surface area contributed by atoms with E-state index in [1.165, 1.54) is 0 Å². The van der Waals surface area contributed by atoms with Gasteiger partial charge in [0.2, 0.25) is 5.91 Å². The highest BCUT2D eigenvalue weighted by Crippen LogP contribution is 2.61. The zero-order valence-electron chi connectivity index (χ0n) is 11.2. The Kier molecular flexibility index (Phi) is 2.45. The predicted octanol–water partition coefficient (Wildman–Crippen LogP) is 1.57. The summed E-state index contributed by atoms with van der Waals surface area (Å²) < 4.78 is 5.86. The highest BCUT2D eigenvalue weighted by molar-refractivity contribution is 5.85. The molecular formula is C15H19NO3. The van der Waals surface area contributed by atoms with Crippen LogP contribution >= 0.6 is 0 Å². The van der Waals surface area contributed by atoms with E-state index in [4.69, 9.17) is 10.5 Å². The molecule has 0 unspecified atom stereocenters. The molecule has 1 aromatic carbocycles. The van der Waals surface area contributed by atoms with E-state index in [0.717, 1.165) is 24.2 Å². The fraction of sp³-hybridized carbons (Fsp3) is 0.533. The third kappa shape index (κ3) is 1.66. The number of aliphatic hydroxyl groups is 1. The summed E-state index contributed by atoms with van der Waals surface area (Å²) >= 11 is 0. The van der Waals surface area contributed by atoms with Gasteiger partial charge in [-0.1, -0.05) is 18.2 Å². The summed E-state index contributed by atoms with van der Waals surface area (Å²) in [4.78, 5) is 11.8. The zero-order chi connectivity index (χ0) is 13.8. The average molecular weight is 261 g/mol. The summed E-state index contributed by atoms with van der Waals surface area (Å²) in [5.41, 5.74) is 5.16. The van der Waals surface area contributed by atoms with E-state index in [1.807, 2.05) is 38.1 Å². The lowest BCUT2D eigenvalue weighted by atomic mass is 9.72. The van der Waals surface area contributed by atoms with Gasteiger partial charge in [-0.05, 0) is 32.8 Å². The molecule has 0 spiro atoms. The zero-order valence-corrected chi connectivity index (χ0v) is 11.2. The molecule has 1 fully saturated rings. The molecule has 0 aromatic heterocycles. The van der Waals surface area contributed by atoms with Gasteiger partial charge in [0.25, 0.3) is 0 Å². The molecule has 0 radical (unpaired) electrons. The molecule has 2 aliphatic rings. The lowest BCUT2D eigenvalue weighted by Gasteiger charge is -2.44. The van der Waals surface area contributed by atoms with E-state index in [1.54, 1.807) is 0 Å². The van der Waals surface area contributed by atoms with Crippen molar-refractivity contribution in [2.45, 2.75) is 44.3 Å². The maximum Gasteiger partial charge on any atom is 0.224 e. The van der Waals surface area contributed by atoms with Crippen molar-refractivity contribution in [2.24, 2.45) is 11.1 Å². The van der Waals surface area contributed by atoms with E-state index in [-0.39, 0.29) is 11.8 Å². The van der Waals surface area contributed by atoms with Gasteiger partial charge in [0.15, 0.2) is 0 Å². The second-order valence-corrected chi connectivity index (χ2v) is 6.19. The molecule has 0 bridgehead atoms. The summed E-state index contributed by atoms with van der Waals surface area (Å²) in [6, 6.07) is 7.60. The molecular weight excluding hydrogens is 242 g/mol. The Morgan fingerprint density at radius 2 is 2.00 bits per heavy atom. The van der Waals surface area contributed by atoms with Crippen molar-refractivity contribution < 1.29 is 14.6 Å². The van der Waals surface area contributed by atoms with Crippen LogP contribution in [0.15, 0.2) is 24.3 Å². The van der Waals surface area contributed by atoms with Crippen molar-refractivity contribution in [3.63, 3.8) is 0 Å². The molecule has 1 aliphatic heterocycles. The molecule has 1 saturated carbocycles. The van der Waals surface area contributed by atoms with Crippen LogP contribution in [0, 0.1) is 5.41 Å². The van der Waals surface area contributed by atoms with Crippen LogP contribution in [0.3, 0.4) is 0 Å². The van der Waals surface area contributed by atoms with Crippen molar-refractivity contribution in [2.75, 3.05) is 0 Å². The highest BCUT2D eigenvalue weighted by Gasteiger charge is 2.61. The van der Waals surface area contributed by atoms with Crippen molar-refractivity contribution in [3.8, 4) is 5.75 Å². The monoisotopic (exact) mass is 261 g/mol. The largest absolute Gasteiger partial charge is 0.485 e. The Labute approximate surface area is 112 Å². The molecule has 3 rings (SSSR count). The van der Waals surface area contributed by atoms with E-state index >= 15 is 0 Å². The van der Waals surface area contributed by atoms with E-state index in [0.29, 0.717) is 0 Å². The molecule has 0 saturated heterocycles. The van der Waals surface area contributed by atoms with Crippen LogP contribution in [0.5, 0.6) is 5.75 Å². The van der Waals surface area contributed by atoms with Crippen molar-refractivity contribution in [1.82, 2.24) is 0 Å². The number of para-hydroxylation sites is 1. The predicted molar refractivity (Wildman–Crippen MR) is 70.8 cm³/mol. The van der Waals surface area contributed by atoms with Gasteiger partial charge in [-0.3, -0.25) is 4.79 Å². The Hall–Kier alpha value is -1.55. The third-order valence-corrected chi connectivity index (χ3v) is 4.53. The van der Waals surface area contributed by atoms with Crippen LogP contribution < -0.4 is 10.5 Å². The number of nitrogens with two attached hydrogens (primary N) is 1. The highest BCUT2D eigenvalue weighted by atomic mass is 16.5. The first-order valence-electron chi connectivity index (χ1n) is 6.64. The van der Waals surface area contributed by atoms with Crippen LogP contribution in [0.2, 0.25) is 0 Å². The number of hydrogen-bond donors (Lipinski definition) is 2. The molecule has 102 valence electrons. The topological polar surface area (TPSA) is 72.5 Å². The number of carbonyl (C=O) groups is 1. The number of fused-ring (bicyclic) bond motifs is 1. The van der Waals surface area contributed by atoms with Crippen molar-refractivity contribution in [1.29, 1.82) is 0 Å². The van der Waals surface area contributed by atoms with Gasteiger partial charge in [-0.25, -0.2) is 0 Å². The third-order valence-electron chi connectivity index (χ3n) is 4.53. The second-order valence-electron chi connectivity index (χ2n) is 6.19. The van der Waals surface area contributed by atoms with E-state index in [9.17, 15) is 9.90 Å². The second kappa shape index (κ2) is 3.73. The van der Waals surface area contributed by atoms with Gasteiger partial charge >= 0.3 is 0 Å². The summed E-state index contributed by atoms with van der Waals surface area (Å²) in [7, 11) is 0. The Morgan fingerprint density at radius 1 is 1.37 bits per heavy atom. The number of primary amides is 1. The lowest BCUT2D eigenvalue weighted by Crippen LogP contribution is -2.52.